The summed E-state index contributed by atoms with van der Waals surface area (Å²) >= 11 is 0. The van der Waals surface area contributed by atoms with Gasteiger partial charge >= 0.3 is 5.97 Å². The molecule has 2 aromatic carbocycles. The molecule has 1 fully saturated rings. The van der Waals surface area contributed by atoms with E-state index in [4.69, 9.17) is 0 Å². The molecule has 1 saturated carbocycles. The third kappa shape index (κ3) is 4.79. The Hall–Kier alpha value is -3.28. The fourth-order valence-electron chi connectivity index (χ4n) is 4.46. The fourth-order valence-corrected chi connectivity index (χ4v) is 4.46. The summed E-state index contributed by atoms with van der Waals surface area (Å²) in [5.41, 5.74) is 2.90. The molecule has 0 bridgehead atoms. The van der Waals surface area contributed by atoms with Gasteiger partial charge in [0, 0.05) is 12.8 Å². The summed E-state index contributed by atoms with van der Waals surface area (Å²) in [5, 5.41) is 14.1. The number of benzene rings is 2. The van der Waals surface area contributed by atoms with E-state index in [1.54, 1.807) is 12.1 Å². The van der Waals surface area contributed by atoms with Crippen molar-refractivity contribution in [1.82, 2.24) is 14.8 Å². The Labute approximate surface area is 188 Å². The van der Waals surface area contributed by atoms with Crippen molar-refractivity contribution >= 4 is 11.8 Å². The lowest BCUT2D eigenvalue weighted by molar-refractivity contribution is 0.0697. The van der Waals surface area contributed by atoms with E-state index >= 15 is 0 Å². The smallest absolute Gasteiger partial charge is 0.336 e. The highest BCUT2D eigenvalue weighted by atomic mass is 16.4. The maximum atomic E-state index is 12.4. The normalized spacial score (nSPS) is 14.4. The van der Waals surface area contributed by atoms with Gasteiger partial charge in [-0.25, -0.2) is 14.5 Å². The van der Waals surface area contributed by atoms with Crippen molar-refractivity contribution in [2.24, 2.45) is 0 Å². The SMILES string of the molecule is CCCC(=O)c1nc(Cc2ccc(-c3ccccc3C(=O)O)cc2)n(C2CCCCC2)n1. The van der Waals surface area contributed by atoms with E-state index in [1.807, 2.05) is 48.0 Å². The Morgan fingerprint density at radius 1 is 1.03 bits per heavy atom. The zero-order valence-corrected chi connectivity index (χ0v) is 18.5. The number of carboxylic acids is 1. The van der Waals surface area contributed by atoms with Gasteiger partial charge in [-0.2, -0.15) is 0 Å². The Balaban J connectivity index is 1.61. The molecule has 0 radical (unpaired) electrons. The number of carbonyl (C=O) groups is 2. The van der Waals surface area contributed by atoms with Gasteiger partial charge in [0.25, 0.3) is 0 Å². The van der Waals surface area contributed by atoms with E-state index in [-0.39, 0.29) is 11.3 Å². The van der Waals surface area contributed by atoms with Crippen LogP contribution in [0.2, 0.25) is 0 Å². The Morgan fingerprint density at radius 2 is 1.75 bits per heavy atom. The third-order valence-electron chi connectivity index (χ3n) is 6.13. The summed E-state index contributed by atoms with van der Waals surface area (Å²) in [6, 6.07) is 15.2. The predicted molar refractivity (Wildman–Crippen MR) is 123 cm³/mol. The number of aromatic carboxylic acids is 1. The lowest BCUT2D eigenvalue weighted by atomic mass is 9.95. The Kier molecular flexibility index (Phi) is 6.78. The Bertz CT molecular complexity index is 1100. The molecule has 1 aliphatic carbocycles. The van der Waals surface area contributed by atoms with E-state index < -0.39 is 5.97 Å². The number of rotatable bonds is 8. The summed E-state index contributed by atoms with van der Waals surface area (Å²) in [5.74, 6) is 0.230. The second-order valence-corrected chi connectivity index (χ2v) is 8.49. The molecule has 4 rings (SSSR count). The minimum absolute atomic E-state index is 0.00364. The number of Topliss-reactive ketones (excluding diaryl/α,β-unsaturated/α-hetero) is 1. The molecule has 0 spiro atoms. The van der Waals surface area contributed by atoms with Crippen LogP contribution >= 0.6 is 0 Å². The molecule has 1 aromatic heterocycles. The predicted octanol–water partition coefficient (Wildman–Crippen LogP) is 5.72. The topological polar surface area (TPSA) is 85.1 Å². The van der Waals surface area contributed by atoms with Crippen LogP contribution in [0.4, 0.5) is 0 Å². The van der Waals surface area contributed by atoms with Crippen molar-refractivity contribution in [1.29, 1.82) is 0 Å². The maximum absolute atomic E-state index is 12.4. The Morgan fingerprint density at radius 3 is 2.44 bits per heavy atom. The van der Waals surface area contributed by atoms with Crippen LogP contribution in [0.3, 0.4) is 0 Å². The molecular weight excluding hydrogens is 402 g/mol. The second kappa shape index (κ2) is 9.90. The minimum Gasteiger partial charge on any atom is -0.478 e. The van der Waals surface area contributed by atoms with Crippen LogP contribution in [0.15, 0.2) is 48.5 Å². The second-order valence-electron chi connectivity index (χ2n) is 8.49. The van der Waals surface area contributed by atoms with Gasteiger partial charge in [-0.15, -0.1) is 5.10 Å². The van der Waals surface area contributed by atoms with Gasteiger partial charge in [0.2, 0.25) is 11.6 Å². The molecule has 0 aliphatic heterocycles. The van der Waals surface area contributed by atoms with Crippen molar-refractivity contribution in [2.45, 2.75) is 64.3 Å². The van der Waals surface area contributed by atoms with Crippen LogP contribution < -0.4 is 0 Å². The van der Waals surface area contributed by atoms with E-state index in [0.717, 1.165) is 36.2 Å². The molecule has 6 nitrogen and oxygen atoms in total. The standard InChI is InChI=1S/C26H29N3O3/c1-2-8-23(30)25-27-24(29(28-25)20-9-4-3-5-10-20)17-18-13-15-19(16-14-18)21-11-6-7-12-22(21)26(31)32/h6-7,11-16,20H,2-5,8-10,17H2,1H3,(H,31,32). The van der Waals surface area contributed by atoms with Gasteiger partial charge in [-0.3, -0.25) is 4.79 Å². The van der Waals surface area contributed by atoms with Gasteiger partial charge in [0.05, 0.1) is 11.6 Å². The van der Waals surface area contributed by atoms with Crippen molar-refractivity contribution in [3.8, 4) is 11.1 Å². The monoisotopic (exact) mass is 431 g/mol. The van der Waals surface area contributed by atoms with E-state index in [0.29, 0.717) is 30.3 Å². The molecule has 6 heteroatoms. The first-order chi connectivity index (χ1) is 15.6. The van der Waals surface area contributed by atoms with Crippen molar-refractivity contribution in [3.05, 3.63) is 71.3 Å². The summed E-state index contributed by atoms with van der Waals surface area (Å²) in [7, 11) is 0. The average Bonchev–Trinajstić information content (AvgIpc) is 3.24. The van der Waals surface area contributed by atoms with Crippen LogP contribution in [0.1, 0.15) is 90.3 Å². The summed E-state index contributed by atoms with van der Waals surface area (Å²) < 4.78 is 2.00. The van der Waals surface area contributed by atoms with Crippen molar-refractivity contribution in [3.63, 3.8) is 0 Å². The van der Waals surface area contributed by atoms with Crippen molar-refractivity contribution < 1.29 is 14.7 Å². The number of carboxylic acid groups (broad SMARTS) is 1. The lowest BCUT2D eigenvalue weighted by Gasteiger charge is -2.23. The summed E-state index contributed by atoms with van der Waals surface area (Å²) in [6.07, 6.45) is 7.59. The number of hydrogen-bond acceptors (Lipinski definition) is 4. The molecule has 1 heterocycles. The van der Waals surface area contributed by atoms with Crippen molar-refractivity contribution in [2.75, 3.05) is 0 Å². The van der Waals surface area contributed by atoms with Gasteiger partial charge in [0.1, 0.15) is 5.82 Å². The molecule has 1 N–H and O–H groups in total. The van der Waals surface area contributed by atoms with E-state index in [1.165, 1.54) is 19.3 Å². The number of hydrogen-bond donors (Lipinski definition) is 1. The third-order valence-corrected chi connectivity index (χ3v) is 6.13. The first-order valence-electron chi connectivity index (χ1n) is 11.5. The summed E-state index contributed by atoms with van der Waals surface area (Å²) in [6.45, 7) is 1.99. The van der Waals surface area contributed by atoms with Crippen LogP contribution in [-0.2, 0) is 6.42 Å². The molecule has 0 atom stereocenters. The molecular formula is C26H29N3O3. The first kappa shape index (κ1) is 21.9. The van der Waals surface area contributed by atoms with Gasteiger partial charge in [-0.05, 0) is 42.0 Å². The number of aromatic nitrogens is 3. The molecule has 0 saturated heterocycles. The van der Waals surface area contributed by atoms with Crippen LogP contribution in [0.5, 0.6) is 0 Å². The van der Waals surface area contributed by atoms with Crippen LogP contribution in [0, 0.1) is 0 Å². The molecule has 1 aliphatic rings. The highest BCUT2D eigenvalue weighted by Crippen LogP contribution is 2.30. The highest BCUT2D eigenvalue weighted by Gasteiger charge is 2.23. The first-order valence-corrected chi connectivity index (χ1v) is 11.5. The molecule has 3 aromatic rings. The number of nitrogens with zero attached hydrogens (tertiary/aromatic N) is 3. The fraction of sp³-hybridized carbons (Fsp3) is 0.385. The van der Waals surface area contributed by atoms with Crippen LogP contribution in [-0.4, -0.2) is 31.6 Å². The molecule has 0 unspecified atom stereocenters. The average molecular weight is 432 g/mol. The minimum atomic E-state index is -0.936. The molecule has 32 heavy (non-hydrogen) atoms. The van der Waals surface area contributed by atoms with Gasteiger partial charge < -0.3 is 5.11 Å². The number of ketones is 1. The molecule has 0 amide bonds. The molecule has 166 valence electrons. The van der Waals surface area contributed by atoms with Gasteiger partial charge in [0.15, 0.2) is 0 Å². The highest BCUT2D eigenvalue weighted by molar-refractivity contribution is 5.96. The largest absolute Gasteiger partial charge is 0.478 e. The van der Waals surface area contributed by atoms with Crippen LogP contribution in [0.25, 0.3) is 11.1 Å². The summed E-state index contributed by atoms with van der Waals surface area (Å²) in [4.78, 5) is 28.6. The zero-order chi connectivity index (χ0) is 22.5. The van der Waals surface area contributed by atoms with Gasteiger partial charge in [-0.1, -0.05) is 68.7 Å². The lowest BCUT2D eigenvalue weighted by Crippen LogP contribution is -2.17. The van der Waals surface area contributed by atoms with E-state index in [9.17, 15) is 14.7 Å². The van der Waals surface area contributed by atoms with E-state index in [2.05, 4.69) is 10.1 Å². The maximum Gasteiger partial charge on any atom is 0.336 e. The zero-order valence-electron chi connectivity index (χ0n) is 18.5. The number of carbonyl (C=O) groups excluding carboxylic acids is 1. The quantitative estimate of drug-likeness (QED) is 0.461.